The van der Waals surface area contributed by atoms with Crippen LogP contribution in [0.4, 0.5) is 0 Å². The Bertz CT molecular complexity index is 3060. The van der Waals surface area contributed by atoms with Crippen LogP contribution in [0.2, 0.25) is 0 Å². The molecule has 8 nitrogen and oxygen atoms in total. The molecule has 9 heteroatoms. The van der Waals surface area contributed by atoms with Crippen LogP contribution in [-0.4, -0.2) is 92.3 Å². The Hall–Kier alpha value is -3.77. The van der Waals surface area contributed by atoms with Crippen molar-refractivity contribution in [3.05, 3.63) is 154 Å². The van der Waals surface area contributed by atoms with E-state index >= 15 is 0 Å². The van der Waals surface area contributed by atoms with Crippen molar-refractivity contribution < 1.29 is 40.1 Å². The fourth-order valence-electron chi connectivity index (χ4n) is 20.9. The first kappa shape index (κ1) is 77.8. The number of aliphatic hydroxyl groups is 6. The predicted molar refractivity (Wildman–Crippen MR) is 412 cm³/mol. The maximum atomic E-state index is 10.6. The fraction of sp³-hybridized carbons (Fsp3) is 0.689. The first-order chi connectivity index (χ1) is 47.0. The summed E-state index contributed by atoms with van der Waals surface area (Å²) in [5, 5.41) is 61.9. The number of thioether (sulfide) groups is 1. The lowest BCUT2D eigenvalue weighted by Crippen LogP contribution is -2.39. The second-order valence-corrected chi connectivity index (χ2v) is 36.6. The molecule has 0 aromatic heterocycles. The van der Waals surface area contributed by atoms with E-state index in [1.165, 1.54) is 124 Å². The highest BCUT2D eigenvalue weighted by Crippen LogP contribution is 2.63. The van der Waals surface area contributed by atoms with E-state index in [-0.39, 0.29) is 17.6 Å². The van der Waals surface area contributed by atoms with Gasteiger partial charge in [-0.25, -0.2) is 0 Å². The third-order valence-electron chi connectivity index (χ3n) is 28.1. The second kappa shape index (κ2) is 33.6. The van der Waals surface area contributed by atoms with Crippen LogP contribution in [0.25, 0.3) is 0 Å². The molecule has 99 heavy (non-hydrogen) atoms. The number of hydrogen-bond acceptors (Lipinski definition) is 9. The molecule has 10 saturated carbocycles. The van der Waals surface area contributed by atoms with Crippen LogP contribution in [-0.2, 0) is 4.74 Å². The molecule has 10 aliphatic carbocycles. The third kappa shape index (κ3) is 18.0. The van der Waals surface area contributed by atoms with Gasteiger partial charge in [-0.2, -0.15) is 0 Å². The molecule has 0 aliphatic heterocycles. The molecule has 2 aromatic carbocycles. The van der Waals surface area contributed by atoms with E-state index in [0.29, 0.717) is 124 Å². The molecule has 0 heterocycles. The molecule has 0 radical (unpaired) electrons. The van der Waals surface area contributed by atoms with E-state index in [1.807, 2.05) is 11.8 Å². The summed E-state index contributed by atoms with van der Waals surface area (Å²) >= 11 is 2.04. The molecule has 1 spiro atoms. The molecule has 2 aromatic rings. The van der Waals surface area contributed by atoms with Gasteiger partial charge in [0.05, 0.1) is 49.3 Å². The van der Waals surface area contributed by atoms with E-state index in [1.54, 1.807) is 16.7 Å². The lowest BCUT2D eigenvalue weighted by molar-refractivity contribution is -0.0403. The van der Waals surface area contributed by atoms with E-state index < -0.39 is 24.4 Å². The standard InChI is InChI=1S/C31H44O3.C31H44O2S.C28H46O3/c2*1-20(2)25-8-6-10-26(18-25)34-19-21(3)27-13-14-28-24(9-7-15-31(27,28)5)12-11-23-16-29(32)22(4)30(33)17-23;1-18(2)19(3)17-31-20(4)23-10-11-24-22(7-6-12-27(23,24)5)9-8-21-15-25(29)28(13-14-28)26(30)16-21/h2*6,8,10-12,18,20-21,27-30,32-33H,4,7,9,13-17,19H2,1-3,5H3;8-9,18-20,23-26,29-30H,6-7,10-17H2,1-5H3/b2*24-12+;22-9+/t2*21-,27?,28?,29+,30+,31?;19-,20+,23?,24?,25+,26+,27?/m000/s1. The molecule has 10 fully saturated rings. The maximum absolute atomic E-state index is 10.6. The SMILES string of the molecule is C=C1[C@H](O)CC(=C/C=C2\CCCC3(C)C2CCC3[C@@H](C)COc2cccc(C(C)C)c2)C[C@H]1O.C=C1[C@H](O)CC(=C/C=C2\CCCC3(C)C2CCC3[C@@H](C)CSc2cccc(C(C)C)c2)C[C@H]1O.CC(C)[C@@H](C)CO[C@H](C)C1CCC2/C(=C/C=C3C[C@@H](O)C4(CC4)[C@H](O)C3)CCCC21C. The number of fused-ring (bicyclic) bond motifs is 3. The average molecular weight is 1380 g/mol. The Kier molecular flexibility index (Phi) is 26.4. The monoisotopic (exact) mass is 1370 g/mol. The molecule has 10 aliphatic rings. The summed E-state index contributed by atoms with van der Waals surface area (Å²) in [4.78, 5) is 1.41. The minimum Gasteiger partial charge on any atom is -0.493 e. The van der Waals surface area contributed by atoms with Crippen LogP contribution in [0.1, 0.15) is 261 Å². The molecule has 9 unspecified atom stereocenters. The van der Waals surface area contributed by atoms with E-state index in [2.05, 4.69) is 188 Å². The van der Waals surface area contributed by atoms with Crippen LogP contribution in [0.5, 0.6) is 5.75 Å². The zero-order valence-corrected chi connectivity index (χ0v) is 64.6. The fourth-order valence-corrected chi connectivity index (χ4v) is 22.0. The molecule has 12 rings (SSSR count). The Morgan fingerprint density at radius 3 is 1.34 bits per heavy atom. The van der Waals surface area contributed by atoms with Crippen molar-refractivity contribution in [3.63, 3.8) is 0 Å². The van der Waals surface area contributed by atoms with Gasteiger partial charge in [-0.15, -0.1) is 11.8 Å². The quantitative estimate of drug-likeness (QED) is 0.0636. The van der Waals surface area contributed by atoms with Crippen LogP contribution in [0, 0.1) is 80.8 Å². The lowest BCUT2D eigenvalue weighted by Gasteiger charge is -2.44. The highest BCUT2D eigenvalue weighted by Gasteiger charge is 2.57. The largest absolute Gasteiger partial charge is 0.493 e. The van der Waals surface area contributed by atoms with Crippen molar-refractivity contribution in [2.24, 2.45) is 80.8 Å². The highest BCUT2D eigenvalue weighted by atomic mass is 32.2. The normalized spacial score (nSPS) is 35.9. The van der Waals surface area contributed by atoms with Crippen molar-refractivity contribution in [3.8, 4) is 5.75 Å². The Morgan fingerprint density at radius 1 is 0.485 bits per heavy atom. The van der Waals surface area contributed by atoms with Gasteiger partial charge >= 0.3 is 0 Å². The molecular weight excluding hydrogens is 1240 g/mol. The zero-order valence-electron chi connectivity index (χ0n) is 63.8. The molecular formula is C90H134O8S. The van der Waals surface area contributed by atoms with Gasteiger partial charge in [0.15, 0.2) is 0 Å². The number of hydrogen-bond donors (Lipinski definition) is 6. The van der Waals surface area contributed by atoms with Crippen molar-refractivity contribution in [1.82, 2.24) is 0 Å². The van der Waals surface area contributed by atoms with Gasteiger partial charge in [-0.1, -0.05) is 190 Å². The van der Waals surface area contributed by atoms with Gasteiger partial charge in [-0.05, 0) is 288 Å². The summed E-state index contributed by atoms with van der Waals surface area (Å²) in [7, 11) is 0. The first-order valence-electron chi connectivity index (χ1n) is 39.7. The smallest absolute Gasteiger partial charge is 0.119 e. The summed E-state index contributed by atoms with van der Waals surface area (Å²) < 4.78 is 12.7. The van der Waals surface area contributed by atoms with Crippen molar-refractivity contribution in [2.75, 3.05) is 19.0 Å². The Labute approximate surface area is 605 Å². The lowest BCUT2D eigenvalue weighted by atomic mass is 9.61. The van der Waals surface area contributed by atoms with Gasteiger partial charge in [0.1, 0.15) is 5.75 Å². The summed E-state index contributed by atoms with van der Waals surface area (Å²) in [6.45, 7) is 39.9. The van der Waals surface area contributed by atoms with Crippen molar-refractivity contribution in [1.29, 1.82) is 0 Å². The van der Waals surface area contributed by atoms with Crippen LogP contribution >= 0.6 is 11.8 Å². The predicted octanol–water partition coefficient (Wildman–Crippen LogP) is 20.7. The minimum absolute atomic E-state index is 0.171. The summed E-state index contributed by atoms with van der Waals surface area (Å²) in [6.07, 6.45) is 35.7. The molecule has 6 N–H and O–H groups in total. The summed E-state index contributed by atoms with van der Waals surface area (Å²) in [6, 6.07) is 17.7. The van der Waals surface area contributed by atoms with Gasteiger partial charge < -0.3 is 40.1 Å². The molecule has 0 amide bonds. The van der Waals surface area contributed by atoms with Gasteiger partial charge in [0, 0.05) is 22.7 Å². The van der Waals surface area contributed by atoms with Gasteiger partial charge in [0.2, 0.25) is 0 Å². The number of allylic oxidation sites excluding steroid dienone is 9. The average Bonchev–Trinajstić information content (AvgIpc) is 1.65. The van der Waals surface area contributed by atoms with Crippen LogP contribution < -0.4 is 4.74 Å². The number of rotatable bonds is 18. The van der Waals surface area contributed by atoms with Crippen LogP contribution in [0.3, 0.4) is 0 Å². The van der Waals surface area contributed by atoms with Crippen molar-refractivity contribution >= 4 is 11.8 Å². The Morgan fingerprint density at radius 2 is 0.899 bits per heavy atom. The molecule has 0 saturated heterocycles. The number of aliphatic hydroxyl groups excluding tert-OH is 6. The molecule has 548 valence electrons. The third-order valence-corrected chi connectivity index (χ3v) is 29.4. The zero-order chi connectivity index (χ0) is 71.3. The van der Waals surface area contributed by atoms with Gasteiger partial charge in [-0.3, -0.25) is 0 Å². The minimum atomic E-state index is -0.622. The number of benzene rings is 2. The number of ether oxygens (including phenoxy) is 2. The van der Waals surface area contributed by atoms with Crippen LogP contribution in [0.15, 0.2) is 148 Å². The van der Waals surface area contributed by atoms with E-state index in [0.717, 1.165) is 61.7 Å². The second-order valence-electron chi connectivity index (χ2n) is 35.5. The Balaban J connectivity index is 0.000000161. The molecule has 19 atom stereocenters. The van der Waals surface area contributed by atoms with Gasteiger partial charge in [0.25, 0.3) is 0 Å². The van der Waals surface area contributed by atoms with Crippen molar-refractivity contribution in [2.45, 2.75) is 297 Å². The van der Waals surface area contributed by atoms with E-state index in [9.17, 15) is 30.6 Å². The molecule has 0 bridgehead atoms. The maximum Gasteiger partial charge on any atom is 0.119 e. The highest BCUT2D eigenvalue weighted by molar-refractivity contribution is 7.99. The van der Waals surface area contributed by atoms with E-state index in [4.69, 9.17) is 9.47 Å². The topological polar surface area (TPSA) is 140 Å². The summed E-state index contributed by atoms with van der Waals surface area (Å²) in [5.74, 6) is 9.82. The first-order valence-corrected chi connectivity index (χ1v) is 40.7. The summed E-state index contributed by atoms with van der Waals surface area (Å²) in [5.41, 5.74) is 13.0.